The van der Waals surface area contributed by atoms with Crippen molar-refractivity contribution < 1.29 is 19.1 Å². The monoisotopic (exact) mass is 412 g/mol. The molecule has 0 bridgehead atoms. The van der Waals surface area contributed by atoms with Gasteiger partial charge in [-0.15, -0.1) is 0 Å². The van der Waals surface area contributed by atoms with Gasteiger partial charge in [-0.1, -0.05) is 50.2 Å². The van der Waals surface area contributed by atoms with Crippen molar-refractivity contribution in [3.63, 3.8) is 0 Å². The van der Waals surface area contributed by atoms with Crippen LogP contribution < -0.4 is 10.6 Å². The molecule has 0 saturated heterocycles. The Morgan fingerprint density at radius 3 is 2.27 bits per heavy atom. The molecule has 6 heteroatoms. The molecular formula is C24H32N2O4. The fourth-order valence-electron chi connectivity index (χ4n) is 2.88. The van der Waals surface area contributed by atoms with Crippen LogP contribution in [-0.2, 0) is 15.9 Å². The van der Waals surface area contributed by atoms with Crippen molar-refractivity contribution in [2.24, 2.45) is 5.92 Å². The minimum absolute atomic E-state index is 0.334. The van der Waals surface area contributed by atoms with E-state index in [4.69, 9.17) is 9.47 Å². The van der Waals surface area contributed by atoms with Gasteiger partial charge >= 0.3 is 12.2 Å². The second kappa shape index (κ2) is 12.5. The van der Waals surface area contributed by atoms with Crippen LogP contribution in [0.2, 0.25) is 0 Å². The van der Waals surface area contributed by atoms with Crippen LogP contribution in [0, 0.1) is 12.8 Å². The zero-order valence-electron chi connectivity index (χ0n) is 18.1. The van der Waals surface area contributed by atoms with Crippen LogP contribution in [-0.4, -0.2) is 25.4 Å². The van der Waals surface area contributed by atoms with Crippen LogP contribution in [0.1, 0.15) is 44.2 Å². The standard InChI is InChI=1S/C24H32N2O4/c1-18(2)9-7-15-29-23(27)25-21-14-13-19(3)22(17-21)26-24(28)30-16-8-12-20-10-5-4-6-11-20/h4-6,10-11,13-14,17-18H,7-9,12,15-16H2,1-3H3,(H,25,27)(H,26,28). The normalized spacial score (nSPS) is 10.5. The maximum Gasteiger partial charge on any atom is 0.411 e. The first-order valence-electron chi connectivity index (χ1n) is 10.5. The molecule has 0 fully saturated rings. The lowest BCUT2D eigenvalue weighted by atomic mass is 10.1. The third-order valence-corrected chi connectivity index (χ3v) is 4.57. The summed E-state index contributed by atoms with van der Waals surface area (Å²) in [5, 5.41) is 5.42. The summed E-state index contributed by atoms with van der Waals surface area (Å²) in [7, 11) is 0. The number of carbonyl (C=O) groups excluding carboxylic acids is 2. The number of anilines is 2. The number of aryl methyl sites for hydroxylation is 2. The molecule has 0 aliphatic carbocycles. The van der Waals surface area contributed by atoms with E-state index in [0.717, 1.165) is 31.2 Å². The van der Waals surface area contributed by atoms with Gasteiger partial charge in [0, 0.05) is 11.4 Å². The quantitative estimate of drug-likeness (QED) is 0.458. The molecule has 6 nitrogen and oxygen atoms in total. The fourth-order valence-corrected chi connectivity index (χ4v) is 2.88. The first-order chi connectivity index (χ1) is 14.4. The van der Waals surface area contributed by atoms with E-state index in [1.54, 1.807) is 12.1 Å². The molecule has 0 aromatic heterocycles. The van der Waals surface area contributed by atoms with E-state index in [1.165, 1.54) is 5.56 Å². The topological polar surface area (TPSA) is 76.7 Å². The van der Waals surface area contributed by atoms with Gasteiger partial charge in [0.2, 0.25) is 0 Å². The van der Waals surface area contributed by atoms with E-state index in [-0.39, 0.29) is 0 Å². The summed E-state index contributed by atoms with van der Waals surface area (Å²) in [6.07, 6.45) is 2.44. The predicted molar refractivity (Wildman–Crippen MR) is 120 cm³/mol. The maximum absolute atomic E-state index is 12.1. The molecule has 30 heavy (non-hydrogen) atoms. The summed E-state index contributed by atoms with van der Waals surface area (Å²) >= 11 is 0. The SMILES string of the molecule is Cc1ccc(NC(=O)OCCCC(C)C)cc1NC(=O)OCCCc1ccccc1. The van der Waals surface area contributed by atoms with Crippen LogP contribution >= 0.6 is 0 Å². The first-order valence-corrected chi connectivity index (χ1v) is 10.5. The Bertz CT molecular complexity index is 806. The lowest BCUT2D eigenvalue weighted by molar-refractivity contribution is 0.157. The summed E-state index contributed by atoms with van der Waals surface area (Å²) in [5.41, 5.74) is 3.22. The molecule has 0 aliphatic heterocycles. The average molecular weight is 413 g/mol. The second-order valence-corrected chi connectivity index (χ2v) is 7.68. The Balaban J connectivity index is 1.75. The molecule has 2 aromatic carbocycles. The Kier molecular flexibility index (Phi) is 9.71. The van der Waals surface area contributed by atoms with Gasteiger partial charge in [0.15, 0.2) is 0 Å². The largest absolute Gasteiger partial charge is 0.449 e. The molecule has 0 aliphatic rings. The lowest BCUT2D eigenvalue weighted by Crippen LogP contribution is -2.17. The molecule has 0 saturated carbocycles. The Labute approximate surface area is 179 Å². The molecule has 2 rings (SSSR count). The Morgan fingerprint density at radius 2 is 1.57 bits per heavy atom. The number of hydrogen-bond acceptors (Lipinski definition) is 4. The smallest absolute Gasteiger partial charge is 0.411 e. The zero-order chi connectivity index (χ0) is 21.8. The number of carbonyl (C=O) groups is 2. The highest BCUT2D eigenvalue weighted by Gasteiger charge is 2.09. The van der Waals surface area contributed by atoms with Crippen molar-refractivity contribution in [2.45, 2.75) is 46.5 Å². The zero-order valence-corrected chi connectivity index (χ0v) is 18.1. The molecule has 0 spiro atoms. The van der Waals surface area contributed by atoms with Gasteiger partial charge in [0.1, 0.15) is 0 Å². The third kappa shape index (κ3) is 8.99. The van der Waals surface area contributed by atoms with E-state index in [2.05, 4.69) is 36.6 Å². The number of hydrogen-bond donors (Lipinski definition) is 2. The van der Waals surface area contributed by atoms with Gasteiger partial charge in [-0.3, -0.25) is 10.6 Å². The second-order valence-electron chi connectivity index (χ2n) is 7.68. The third-order valence-electron chi connectivity index (χ3n) is 4.57. The minimum Gasteiger partial charge on any atom is -0.449 e. The van der Waals surface area contributed by atoms with E-state index in [1.807, 2.05) is 31.2 Å². The minimum atomic E-state index is -0.514. The van der Waals surface area contributed by atoms with Crippen molar-refractivity contribution in [1.82, 2.24) is 0 Å². The molecule has 2 aromatic rings. The molecule has 0 unspecified atom stereocenters. The molecule has 0 heterocycles. The molecular weight excluding hydrogens is 380 g/mol. The highest BCUT2D eigenvalue weighted by molar-refractivity contribution is 5.89. The van der Waals surface area contributed by atoms with Gasteiger partial charge in [0.05, 0.1) is 13.2 Å². The molecule has 2 amide bonds. The number of rotatable bonds is 10. The van der Waals surface area contributed by atoms with Gasteiger partial charge < -0.3 is 9.47 Å². The maximum atomic E-state index is 12.1. The van der Waals surface area contributed by atoms with Crippen LogP contribution in [0.4, 0.5) is 21.0 Å². The van der Waals surface area contributed by atoms with Crippen LogP contribution in [0.3, 0.4) is 0 Å². The van der Waals surface area contributed by atoms with Gasteiger partial charge in [-0.25, -0.2) is 9.59 Å². The van der Waals surface area contributed by atoms with Crippen LogP contribution in [0.5, 0.6) is 0 Å². The van der Waals surface area contributed by atoms with Crippen molar-refractivity contribution in [2.75, 3.05) is 23.8 Å². The molecule has 162 valence electrons. The van der Waals surface area contributed by atoms with Crippen molar-refractivity contribution >= 4 is 23.6 Å². The van der Waals surface area contributed by atoms with Crippen molar-refractivity contribution in [3.05, 3.63) is 59.7 Å². The Morgan fingerprint density at radius 1 is 0.900 bits per heavy atom. The summed E-state index contributed by atoms with van der Waals surface area (Å²) in [4.78, 5) is 24.0. The van der Waals surface area contributed by atoms with E-state index in [9.17, 15) is 9.59 Å². The lowest BCUT2D eigenvalue weighted by Gasteiger charge is -2.12. The summed E-state index contributed by atoms with van der Waals surface area (Å²) in [6.45, 7) is 6.86. The predicted octanol–water partition coefficient (Wildman–Crippen LogP) is 6.16. The van der Waals surface area contributed by atoms with Gasteiger partial charge in [0.25, 0.3) is 0 Å². The summed E-state index contributed by atoms with van der Waals surface area (Å²) < 4.78 is 10.5. The van der Waals surface area contributed by atoms with E-state index < -0.39 is 12.2 Å². The molecule has 2 N–H and O–H groups in total. The van der Waals surface area contributed by atoms with E-state index >= 15 is 0 Å². The average Bonchev–Trinajstić information content (AvgIpc) is 2.72. The van der Waals surface area contributed by atoms with Crippen molar-refractivity contribution in [1.29, 1.82) is 0 Å². The summed E-state index contributed by atoms with van der Waals surface area (Å²) in [6, 6.07) is 15.3. The summed E-state index contributed by atoms with van der Waals surface area (Å²) in [5.74, 6) is 0.584. The molecule has 0 radical (unpaired) electrons. The number of benzene rings is 2. The van der Waals surface area contributed by atoms with Gasteiger partial charge in [-0.05, 0) is 61.8 Å². The molecule has 0 atom stereocenters. The van der Waals surface area contributed by atoms with Crippen LogP contribution in [0.15, 0.2) is 48.5 Å². The fraction of sp³-hybridized carbons (Fsp3) is 0.417. The number of nitrogens with one attached hydrogen (secondary N) is 2. The highest BCUT2D eigenvalue weighted by atomic mass is 16.6. The van der Waals surface area contributed by atoms with Crippen LogP contribution in [0.25, 0.3) is 0 Å². The van der Waals surface area contributed by atoms with Crippen molar-refractivity contribution in [3.8, 4) is 0 Å². The van der Waals surface area contributed by atoms with Gasteiger partial charge in [-0.2, -0.15) is 0 Å². The number of ether oxygens (including phenoxy) is 2. The Hall–Kier alpha value is -3.02. The number of amides is 2. The first kappa shape index (κ1) is 23.3. The highest BCUT2D eigenvalue weighted by Crippen LogP contribution is 2.21. The van der Waals surface area contributed by atoms with E-state index in [0.29, 0.717) is 30.5 Å².